The molecule has 3 amide bonds. The third-order valence-corrected chi connectivity index (χ3v) is 6.74. The number of carbonyl (C=O) groups excluding carboxylic acids is 3. The molecule has 1 aromatic carbocycles. The number of pyridine rings is 1. The molecule has 2 aliphatic rings. The Hall–Kier alpha value is -3.26. The van der Waals surface area contributed by atoms with Gasteiger partial charge in [0.2, 0.25) is 17.7 Å². The van der Waals surface area contributed by atoms with E-state index in [1.165, 1.54) is 0 Å². The van der Waals surface area contributed by atoms with E-state index in [9.17, 15) is 14.4 Å². The summed E-state index contributed by atoms with van der Waals surface area (Å²) in [6.07, 6.45) is 4.56. The summed E-state index contributed by atoms with van der Waals surface area (Å²) in [6, 6.07) is 13.2. The summed E-state index contributed by atoms with van der Waals surface area (Å²) in [5, 5.41) is 5.86. The minimum absolute atomic E-state index is 0.00168. The summed E-state index contributed by atoms with van der Waals surface area (Å²) in [6.45, 7) is 4.99. The normalized spacial score (nSPS) is 17.9. The second-order valence-corrected chi connectivity index (χ2v) is 9.27. The van der Waals surface area contributed by atoms with Crippen LogP contribution in [0.1, 0.15) is 31.2 Å². The van der Waals surface area contributed by atoms with Crippen LogP contribution in [0.4, 0.5) is 11.5 Å². The van der Waals surface area contributed by atoms with Gasteiger partial charge in [0.05, 0.1) is 6.54 Å². The minimum atomic E-state index is -0.0680. The maximum absolute atomic E-state index is 12.8. The molecular formula is C26H33N5O3. The van der Waals surface area contributed by atoms with Crippen LogP contribution in [0.25, 0.3) is 0 Å². The van der Waals surface area contributed by atoms with E-state index in [0.717, 1.165) is 37.2 Å². The van der Waals surface area contributed by atoms with E-state index in [-0.39, 0.29) is 29.6 Å². The molecule has 2 aliphatic heterocycles. The van der Waals surface area contributed by atoms with E-state index in [1.807, 2.05) is 54.3 Å². The number of hydrogen-bond donors (Lipinski definition) is 2. The van der Waals surface area contributed by atoms with Crippen molar-refractivity contribution in [2.45, 2.75) is 32.6 Å². The fourth-order valence-electron chi connectivity index (χ4n) is 4.57. The summed E-state index contributed by atoms with van der Waals surface area (Å²) >= 11 is 0. The van der Waals surface area contributed by atoms with Crippen molar-refractivity contribution >= 4 is 29.2 Å². The highest BCUT2D eigenvalue weighted by molar-refractivity contribution is 5.93. The minimum Gasteiger partial charge on any atom is -0.342 e. The fourth-order valence-corrected chi connectivity index (χ4v) is 4.57. The summed E-state index contributed by atoms with van der Waals surface area (Å²) < 4.78 is 0. The molecule has 180 valence electrons. The van der Waals surface area contributed by atoms with Crippen LogP contribution in [0.3, 0.4) is 0 Å². The average Bonchev–Trinajstić information content (AvgIpc) is 2.86. The molecule has 2 N–H and O–H groups in total. The van der Waals surface area contributed by atoms with Gasteiger partial charge < -0.3 is 15.5 Å². The Balaban J connectivity index is 1.16. The number of amides is 3. The molecule has 0 bridgehead atoms. The van der Waals surface area contributed by atoms with Crippen LogP contribution >= 0.6 is 0 Å². The molecule has 4 rings (SSSR count). The maximum atomic E-state index is 12.8. The van der Waals surface area contributed by atoms with Gasteiger partial charge in [0, 0.05) is 36.8 Å². The second-order valence-electron chi connectivity index (χ2n) is 9.27. The third kappa shape index (κ3) is 6.41. The highest BCUT2D eigenvalue weighted by Crippen LogP contribution is 2.22. The van der Waals surface area contributed by atoms with Gasteiger partial charge in [-0.05, 0) is 69.5 Å². The fraction of sp³-hybridized carbons (Fsp3) is 0.462. The van der Waals surface area contributed by atoms with Crippen LogP contribution < -0.4 is 10.6 Å². The van der Waals surface area contributed by atoms with E-state index in [0.29, 0.717) is 38.3 Å². The van der Waals surface area contributed by atoms with E-state index >= 15 is 0 Å². The summed E-state index contributed by atoms with van der Waals surface area (Å²) in [4.78, 5) is 46.1. The van der Waals surface area contributed by atoms with Crippen molar-refractivity contribution in [3.8, 4) is 0 Å². The van der Waals surface area contributed by atoms with Crippen molar-refractivity contribution in [3.05, 3.63) is 54.2 Å². The van der Waals surface area contributed by atoms with Crippen LogP contribution in [-0.2, 0) is 14.4 Å². The van der Waals surface area contributed by atoms with Gasteiger partial charge in [-0.1, -0.05) is 24.3 Å². The first-order chi connectivity index (χ1) is 16.5. The molecule has 2 saturated heterocycles. The Morgan fingerprint density at radius 2 is 1.47 bits per heavy atom. The number of piperidine rings is 2. The molecule has 8 nitrogen and oxygen atoms in total. The average molecular weight is 464 g/mol. The molecule has 0 radical (unpaired) electrons. The molecule has 0 saturated carbocycles. The highest BCUT2D eigenvalue weighted by atomic mass is 16.2. The Morgan fingerprint density at radius 3 is 2.09 bits per heavy atom. The van der Waals surface area contributed by atoms with Crippen molar-refractivity contribution in [1.29, 1.82) is 0 Å². The Labute approximate surface area is 200 Å². The molecule has 3 heterocycles. The number of anilines is 2. The van der Waals surface area contributed by atoms with Crippen LogP contribution in [-0.4, -0.2) is 65.2 Å². The first-order valence-electron chi connectivity index (χ1n) is 12.1. The molecule has 1 aromatic heterocycles. The molecule has 34 heavy (non-hydrogen) atoms. The van der Waals surface area contributed by atoms with E-state index in [4.69, 9.17) is 0 Å². The molecule has 0 unspecified atom stereocenters. The van der Waals surface area contributed by atoms with Crippen molar-refractivity contribution in [3.63, 3.8) is 0 Å². The number of aromatic nitrogens is 1. The molecule has 0 aliphatic carbocycles. The Morgan fingerprint density at radius 1 is 0.853 bits per heavy atom. The SMILES string of the molecule is Cc1ccc(NC(=O)C2CCN(CC(=O)N3CCC(C(=O)Nc4ccccc4)CC3)CC2)nc1. The van der Waals surface area contributed by atoms with Gasteiger partial charge in [-0.15, -0.1) is 0 Å². The van der Waals surface area contributed by atoms with Gasteiger partial charge in [-0.2, -0.15) is 0 Å². The molecule has 2 aromatic rings. The number of rotatable bonds is 6. The number of likely N-dealkylation sites (tertiary alicyclic amines) is 2. The zero-order valence-electron chi connectivity index (χ0n) is 19.7. The predicted molar refractivity (Wildman–Crippen MR) is 131 cm³/mol. The third-order valence-electron chi connectivity index (χ3n) is 6.74. The van der Waals surface area contributed by atoms with E-state index < -0.39 is 0 Å². The zero-order valence-corrected chi connectivity index (χ0v) is 19.7. The molecular weight excluding hydrogens is 430 g/mol. The Kier molecular flexibility index (Phi) is 7.90. The largest absolute Gasteiger partial charge is 0.342 e. The monoisotopic (exact) mass is 463 g/mol. The van der Waals surface area contributed by atoms with Crippen LogP contribution in [0.15, 0.2) is 48.7 Å². The van der Waals surface area contributed by atoms with Crippen LogP contribution in [0.5, 0.6) is 0 Å². The van der Waals surface area contributed by atoms with Crippen molar-refractivity contribution in [2.24, 2.45) is 11.8 Å². The molecule has 8 heteroatoms. The van der Waals surface area contributed by atoms with E-state index in [2.05, 4.69) is 20.5 Å². The van der Waals surface area contributed by atoms with Crippen LogP contribution in [0, 0.1) is 18.8 Å². The zero-order chi connectivity index (χ0) is 23.9. The standard InChI is InChI=1S/C26H33N5O3/c1-19-7-8-23(27-17-19)29-26(34)20-9-13-30(14-10-20)18-24(32)31-15-11-21(12-16-31)25(33)28-22-5-3-2-4-6-22/h2-8,17,20-21H,9-16,18H2,1H3,(H,28,33)(H,27,29,34). The first-order valence-corrected chi connectivity index (χ1v) is 12.1. The second kappa shape index (κ2) is 11.2. The van der Waals surface area contributed by atoms with Crippen molar-refractivity contribution in [1.82, 2.24) is 14.8 Å². The van der Waals surface area contributed by atoms with Gasteiger partial charge in [0.25, 0.3) is 0 Å². The van der Waals surface area contributed by atoms with Gasteiger partial charge in [0.15, 0.2) is 0 Å². The number of hydrogen-bond acceptors (Lipinski definition) is 5. The van der Waals surface area contributed by atoms with Gasteiger partial charge in [-0.25, -0.2) is 4.98 Å². The lowest BCUT2D eigenvalue weighted by atomic mass is 9.95. The van der Waals surface area contributed by atoms with Crippen molar-refractivity contribution in [2.75, 3.05) is 43.4 Å². The lowest BCUT2D eigenvalue weighted by Crippen LogP contribution is -2.47. The maximum Gasteiger partial charge on any atom is 0.236 e. The molecule has 0 atom stereocenters. The quantitative estimate of drug-likeness (QED) is 0.687. The number of nitrogens with one attached hydrogen (secondary N) is 2. The number of carbonyl (C=O) groups is 3. The number of nitrogens with zero attached hydrogens (tertiary/aromatic N) is 3. The van der Waals surface area contributed by atoms with E-state index in [1.54, 1.807) is 6.20 Å². The lowest BCUT2D eigenvalue weighted by Gasteiger charge is -2.35. The summed E-state index contributed by atoms with van der Waals surface area (Å²) in [7, 11) is 0. The number of para-hydroxylation sites is 1. The lowest BCUT2D eigenvalue weighted by molar-refractivity contribution is -0.136. The number of benzene rings is 1. The summed E-state index contributed by atoms with van der Waals surface area (Å²) in [5.74, 6) is 0.579. The van der Waals surface area contributed by atoms with Gasteiger partial charge in [-0.3, -0.25) is 19.3 Å². The topological polar surface area (TPSA) is 94.6 Å². The predicted octanol–water partition coefficient (Wildman–Crippen LogP) is 2.92. The highest BCUT2D eigenvalue weighted by Gasteiger charge is 2.30. The smallest absolute Gasteiger partial charge is 0.236 e. The van der Waals surface area contributed by atoms with Crippen molar-refractivity contribution < 1.29 is 14.4 Å². The van der Waals surface area contributed by atoms with Crippen LogP contribution in [0.2, 0.25) is 0 Å². The Bertz CT molecular complexity index is 979. The number of aryl methyl sites for hydroxylation is 1. The van der Waals surface area contributed by atoms with Gasteiger partial charge >= 0.3 is 0 Å². The molecule has 0 spiro atoms. The first kappa shape index (κ1) is 23.9. The molecule has 2 fully saturated rings. The summed E-state index contributed by atoms with van der Waals surface area (Å²) in [5.41, 5.74) is 1.86. The van der Waals surface area contributed by atoms with Gasteiger partial charge in [0.1, 0.15) is 5.82 Å².